The molecule has 0 radical (unpaired) electrons. The quantitative estimate of drug-likeness (QED) is 0.708. The van der Waals surface area contributed by atoms with Gasteiger partial charge < -0.3 is 0 Å². The van der Waals surface area contributed by atoms with Crippen molar-refractivity contribution in [3.8, 4) is 5.69 Å². The lowest BCUT2D eigenvalue weighted by Crippen LogP contribution is -1.94. The van der Waals surface area contributed by atoms with Gasteiger partial charge >= 0.3 is 0 Å². The fourth-order valence-electron chi connectivity index (χ4n) is 1.38. The van der Waals surface area contributed by atoms with Gasteiger partial charge in [0, 0.05) is 6.20 Å². The van der Waals surface area contributed by atoms with Gasteiger partial charge in [0.05, 0.1) is 11.4 Å². The summed E-state index contributed by atoms with van der Waals surface area (Å²) in [6.45, 7) is 10.2. The highest BCUT2D eigenvalue weighted by atomic mass is 15.3. The Balaban J connectivity index is 0.000000606. The summed E-state index contributed by atoms with van der Waals surface area (Å²) in [6, 6.07) is 8.37. The molecule has 2 rings (SSSR count). The van der Waals surface area contributed by atoms with Crippen molar-refractivity contribution in [1.29, 1.82) is 0 Å². The van der Waals surface area contributed by atoms with Crippen LogP contribution in [0.5, 0.6) is 0 Å². The topological polar surface area (TPSA) is 17.8 Å². The summed E-state index contributed by atoms with van der Waals surface area (Å²) in [5.41, 5.74) is 4.71. The molecule has 1 aromatic carbocycles. The molecule has 0 N–H and O–H groups in total. The standard InChI is InChI=1S/C12H14N2.C2H6/c1-9-4-6-12(7-5-9)14-8-10(2)11(3)13-14;1-2/h4-8H,1-3H3;1-2H3. The van der Waals surface area contributed by atoms with Crippen LogP contribution < -0.4 is 0 Å². The minimum Gasteiger partial charge on any atom is -0.240 e. The zero-order valence-electron chi connectivity index (χ0n) is 10.8. The van der Waals surface area contributed by atoms with E-state index in [1.54, 1.807) is 0 Å². The number of aryl methyl sites for hydroxylation is 3. The number of benzene rings is 1. The van der Waals surface area contributed by atoms with Gasteiger partial charge in [-0.1, -0.05) is 31.5 Å². The first-order chi connectivity index (χ1) is 7.66. The van der Waals surface area contributed by atoms with E-state index < -0.39 is 0 Å². The van der Waals surface area contributed by atoms with Crippen LogP contribution in [0.15, 0.2) is 30.5 Å². The SMILES string of the molecule is CC.Cc1ccc(-n2cc(C)c(C)n2)cc1. The highest BCUT2D eigenvalue weighted by Gasteiger charge is 2.01. The maximum Gasteiger partial charge on any atom is 0.0645 e. The molecule has 2 nitrogen and oxygen atoms in total. The van der Waals surface area contributed by atoms with Crippen LogP contribution in [0.2, 0.25) is 0 Å². The molecule has 0 aliphatic rings. The summed E-state index contributed by atoms with van der Waals surface area (Å²) >= 11 is 0. The number of hydrogen-bond donors (Lipinski definition) is 0. The summed E-state index contributed by atoms with van der Waals surface area (Å²) in [5, 5.41) is 4.43. The van der Waals surface area contributed by atoms with Crippen LogP contribution in [-0.2, 0) is 0 Å². The second kappa shape index (κ2) is 5.50. The van der Waals surface area contributed by atoms with Gasteiger partial charge in [0.25, 0.3) is 0 Å². The summed E-state index contributed by atoms with van der Waals surface area (Å²) in [5.74, 6) is 0. The summed E-state index contributed by atoms with van der Waals surface area (Å²) < 4.78 is 1.92. The zero-order valence-corrected chi connectivity index (χ0v) is 10.8. The van der Waals surface area contributed by atoms with Crippen LogP contribution in [0.1, 0.15) is 30.7 Å². The molecule has 0 amide bonds. The molecule has 0 aliphatic carbocycles. The maximum atomic E-state index is 4.43. The number of hydrogen-bond acceptors (Lipinski definition) is 1. The third-order valence-corrected chi connectivity index (χ3v) is 2.44. The van der Waals surface area contributed by atoms with E-state index in [1.165, 1.54) is 11.1 Å². The molecule has 0 saturated heterocycles. The van der Waals surface area contributed by atoms with Gasteiger partial charge in [0.15, 0.2) is 0 Å². The van der Waals surface area contributed by atoms with Gasteiger partial charge in [-0.05, 0) is 38.5 Å². The molecule has 0 aliphatic heterocycles. The average molecular weight is 216 g/mol. The Labute approximate surface area is 97.9 Å². The summed E-state index contributed by atoms with van der Waals surface area (Å²) in [6.07, 6.45) is 2.06. The average Bonchev–Trinajstić information content (AvgIpc) is 2.63. The van der Waals surface area contributed by atoms with E-state index in [-0.39, 0.29) is 0 Å². The zero-order chi connectivity index (χ0) is 12.1. The van der Waals surface area contributed by atoms with Crippen molar-refractivity contribution in [2.24, 2.45) is 0 Å². The van der Waals surface area contributed by atoms with Gasteiger partial charge in [0.2, 0.25) is 0 Å². The van der Waals surface area contributed by atoms with Crippen molar-refractivity contribution >= 4 is 0 Å². The minimum atomic E-state index is 1.09. The van der Waals surface area contributed by atoms with Crippen LogP contribution in [0.3, 0.4) is 0 Å². The molecule has 0 spiro atoms. The Kier molecular flexibility index (Phi) is 4.29. The molecule has 1 aromatic heterocycles. The van der Waals surface area contributed by atoms with Crippen LogP contribution >= 0.6 is 0 Å². The Hall–Kier alpha value is -1.57. The van der Waals surface area contributed by atoms with Gasteiger partial charge in [-0.15, -0.1) is 0 Å². The minimum absolute atomic E-state index is 1.09. The Morgan fingerprint density at radius 2 is 1.50 bits per heavy atom. The van der Waals surface area contributed by atoms with Crippen molar-refractivity contribution in [3.63, 3.8) is 0 Å². The molecule has 0 bridgehead atoms. The van der Waals surface area contributed by atoms with Crippen molar-refractivity contribution in [3.05, 3.63) is 47.3 Å². The predicted octanol–water partition coefficient (Wildman–Crippen LogP) is 3.82. The molecule has 1 heterocycles. The lowest BCUT2D eigenvalue weighted by molar-refractivity contribution is 0.862. The van der Waals surface area contributed by atoms with E-state index >= 15 is 0 Å². The molecule has 2 heteroatoms. The number of nitrogens with zero attached hydrogens (tertiary/aromatic N) is 2. The summed E-state index contributed by atoms with van der Waals surface area (Å²) in [4.78, 5) is 0. The Morgan fingerprint density at radius 1 is 0.938 bits per heavy atom. The second-order valence-corrected chi connectivity index (χ2v) is 3.68. The molecular weight excluding hydrogens is 196 g/mol. The van der Waals surface area contributed by atoms with Crippen LogP contribution in [0.4, 0.5) is 0 Å². The molecule has 16 heavy (non-hydrogen) atoms. The van der Waals surface area contributed by atoms with Gasteiger partial charge in [-0.2, -0.15) is 5.10 Å². The monoisotopic (exact) mass is 216 g/mol. The highest BCUT2D eigenvalue weighted by molar-refractivity contribution is 5.34. The first-order valence-electron chi connectivity index (χ1n) is 5.77. The fraction of sp³-hybridized carbons (Fsp3) is 0.357. The largest absolute Gasteiger partial charge is 0.240 e. The van der Waals surface area contributed by atoms with Gasteiger partial charge in [-0.3, -0.25) is 0 Å². The first-order valence-corrected chi connectivity index (χ1v) is 5.77. The molecular formula is C14H20N2. The van der Waals surface area contributed by atoms with E-state index in [0.717, 1.165) is 11.4 Å². The Bertz CT molecular complexity index is 419. The van der Waals surface area contributed by atoms with Gasteiger partial charge in [0.1, 0.15) is 0 Å². The van der Waals surface area contributed by atoms with Crippen LogP contribution in [-0.4, -0.2) is 9.78 Å². The smallest absolute Gasteiger partial charge is 0.0645 e. The lowest BCUT2D eigenvalue weighted by atomic mass is 10.2. The third-order valence-electron chi connectivity index (χ3n) is 2.44. The van der Waals surface area contributed by atoms with E-state index in [1.807, 2.05) is 25.5 Å². The Morgan fingerprint density at radius 3 is 1.94 bits per heavy atom. The van der Waals surface area contributed by atoms with Crippen molar-refractivity contribution in [1.82, 2.24) is 9.78 Å². The third kappa shape index (κ3) is 2.72. The molecule has 0 unspecified atom stereocenters. The van der Waals surface area contributed by atoms with E-state index in [9.17, 15) is 0 Å². The predicted molar refractivity (Wildman–Crippen MR) is 69.1 cm³/mol. The van der Waals surface area contributed by atoms with E-state index in [2.05, 4.69) is 49.4 Å². The van der Waals surface area contributed by atoms with E-state index in [0.29, 0.717) is 0 Å². The maximum absolute atomic E-state index is 4.43. The highest BCUT2D eigenvalue weighted by Crippen LogP contribution is 2.11. The fourth-order valence-corrected chi connectivity index (χ4v) is 1.38. The van der Waals surface area contributed by atoms with Crippen molar-refractivity contribution in [2.75, 3.05) is 0 Å². The molecule has 0 atom stereocenters. The molecule has 0 fully saturated rings. The number of rotatable bonds is 1. The molecule has 0 saturated carbocycles. The molecule has 2 aromatic rings. The van der Waals surface area contributed by atoms with Gasteiger partial charge in [-0.25, -0.2) is 4.68 Å². The first kappa shape index (κ1) is 12.5. The van der Waals surface area contributed by atoms with E-state index in [4.69, 9.17) is 0 Å². The second-order valence-electron chi connectivity index (χ2n) is 3.68. The van der Waals surface area contributed by atoms with Crippen molar-refractivity contribution < 1.29 is 0 Å². The van der Waals surface area contributed by atoms with Crippen molar-refractivity contribution in [2.45, 2.75) is 34.6 Å². The normalized spacial score (nSPS) is 9.56. The van der Waals surface area contributed by atoms with Crippen LogP contribution in [0.25, 0.3) is 5.69 Å². The van der Waals surface area contributed by atoms with Crippen LogP contribution in [0, 0.1) is 20.8 Å². The number of aromatic nitrogens is 2. The molecule has 86 valence electrons. The summed E-state index contributed by atoms with van der Waals surface area (Å²) in [7, 11) is 0. The lowest BCUT2D eigenvalue weighted by Gasteiger charge is -2.00.